The quantitative estimate of drug-likeness (QED) is 0.726. The molecule has 1 aromatic heterocycles. The molecule has 0 unspecified atom stereocenters. The van der Waals surface area contributed by atoms with Crippen molar-refractivity contribution in [1.29, 1.82) is 0 Å². The van der Waals surface area contributed by atoms with Crippen LogP contribution in [0, 0.1) is 5.82 Å². The molecule has 0 aliphatic carbocycles. The first-order valence-corrected chi connectivity index (χ1v) is 8.24. The summed E-state index contributed by atoms with van der Waals surface area (Å²) in [5.74, 6) is -0.414. The second-order valence-electron chi connectivity index (χ2n) is 5.90. The second kappa shape index (κ2) is 7.75. The number of H-pyrrole nitrogens is 1. The topological polar surface area (TPSA) is 62.0 Å². The van der Waals surface area contributed by atoms with Gasteiger partial charge in [-0.2, -0.15) is 0 Å². The molecule has 0 spiro atoms. The minimum Gasteiger partial charge on any atom is -0.356 e. The maximum atomic E-state index is 13.5. The molecule has 2 N–H and O–H groups in total. The van der Waals surface area contributed by atoms with Gasteiger partial charge in [-0.15, -0.1) is 0 Å². The van der Waals surface area contributed by atoms with Gasteiger partial charge in [-0.1, -0.05) is 36.4 Å². The van der Waals surface area contributed by atoms with Gasteiger partial charge in [0.15, 0.2) is 0 Å². The van der Waals surface area contributed by atoms with Crippen LogP contribution in [0.5, 0.6) is 0 Å². The van der Waals surface area contributed by atoms with Crippen LogP contribution >= 0.6 is 0 Å². The summed E-state index contributed by atoms with van der Waals surface area (Å²) >= 11 is 0. The molecule has 1 heterocycles. The van der Waals surface area contributed by atoms with Crippen molar-refractivity contribution in [3.63, 3.8) is 0 Å². The van der Waals surface area contributed by atoms with Crippen molar-refractivity contribution in [2.24, 2.45) is 0 Å². The lowest BCUT2D eigenvalue weighted by molar-refractivity contribution is -0.121. The van der Waals surface area contributed by atoms with Gasteiger partial charge in [0.25, 0.3) is 5.56 Å². The number of carbonyl (C=O) groups is 1. The molecule has 0 aliphatic rings. The normalized spacial score (nSPS) is 10.8. The number of nitrogens with one attached hydrogen (secondary N) is 2. The van der Waals surface area contributed by atoms with Gasteiger partial charge in [0, 0.05) is 24.0 Å². The smallest absolute Gasteiger partial charge is 0.251 e. The highest BCUT2D eigenvalue weighted by molar-refractivity contribution is 5.79. The van der Waals surface area contributed by atoms with Crippen molar-refractivity contribution in [3.8, 4) is 0 Å². The Morgan fingerprint density at radius 2 is 1.76 bits per heavy atom. The van der Waals surface area contributed by atoms with E-state index in [1.807, 2.05) is 30.3 Å². The Balaban J connectivity index is 1.53. The zero-order valence-corrected chi connectivity index (χ0v) is 13.7. The zero-order chi connectivity index (χ0) is 17.6. The van der Waals surface area contributed by atoms with Crippen molar-refractivity contribution in [2.45, 2.75) is 19.3 Å². The average molecular weight is 338 g/mol. The number of carbonyl (C=O) groups excluding carboxylic acids is 1. The highest BCUT2D eigenvalue weighted by atomic mass is 19.1. The van der Waals surface area contributed by atoms with Gasteiger partial charge in [0.2, 0.25) is 5.91 Å². The van der Waals surface area contributed by atoms with E-state index >= 15 is 0 Å². The number of halogens is 1. The van der Waals surface area contributed by atoms with Crippen LogP contribution in [0.15, 0.2) is 59.4 Å². The monoisotopic (exact) mass is 338 g/mol. The van der Waals surface area contributed by atoms with E-state index in [1.165, 1.54) is 6.07 Å². The Morgan fingerprint density at radius 3 is 2.60 bits per heavy atom. The van der Waals surface area contributed by atoms with E-state index in [9.17, 15) is 14.0 Å². The SMILES string of the molecule is O=C(CCc1cc2ccccc2[nH]c1=O)NCCc1ccccc1F. The van der Waals surface area contributed by atoms with E-state index < -0.39 is 0 Å². The number of aryl methyl sites for hydroxylation is 1. The summed E-state index contributed by atoms with van der Waals surface area (Å²) in [5.41, 5.74) is 1.78. The fourth-order valence-electron chi connectivity index (χ4n) is 2.75. The highest BCUT2D eigenvalue weighted by Gasteiger charge is 2.07. The van der Waals surface area contributed by atoms with E-state index in [2.05, 4.69) is 10.3 Å². The molecule has 25 heavy (non-hydrogen) atoms. The van der Waals surface area contributed by atoms with Crippen molar-refractivity contribution in [3.05, 3.63) is 81.9 Å². The third kappa shape index (κ3) is 4.32. The van der Waals surface area contributed by atoms with E-state index in [0.29, 0.717) is 30.5 Å². The molecular weight excluding hydrogens is 319 g/mol. The number of fused-ring (bicyclic) bond motifs is 1. The number of hydrogen-bond acceptors (Lipinski definition) is 2. The number of aromatic nitrogens is 1. The summed E-state index contributed by atoms with van der Waals surface area (Å²) in [5, 5.41) is 3.71. The summed E-state index contributed by atoms with van der Waals surface area (Å²) in [4.78, 5) is 26.8. The molecule has 2 aromatic carbocycles. The van der Waals surface area contributed by atoms with Gasteiger partial charge in [-0.05, 0) is 42.0 Å². The summed E-state index contributed by atoms with van der Waals surface area (Å²) in [7, 11) is 0. The molecule has 128 valence electrons. The first-order valence-electron chi connectivity index (χ1n) is 8.24. The Labute approximate surface area is 144 Å². The van der Waals surface area contributed by atoms with Crippen molar-refractivity contribution < 1.29 is 9.18 Å². The lowest BCUT2D eigenvalue weighted by atomic mass is 10.1. The van der Waals surface area contributed by atoms with E-state index in [0.717, 1.165) is 10.9 Å². The van der Waals surface area contributed by atoms with Crippen LogP contribution in [0.4, 0.5) is 4.39 Å². The fraction of sp³-hybridized carbons (Fsp3) is 0.200. The average Bonchev–Trinajstić information content (AvgIpc) is 2.61. The van der Waals surface area contributed by atoms with E-state index in [4.69, 9.17) is 0 Å². The van der Waals surface area contributed by atoms with Crippen LogP contribution in [-0.2, 0) is 17.6 Å². The first-order chi connectivity index (χ1) is 12.1. The first kappa shape index (κ1) is 16.9. The molecule has 3 rings (SSSR count). The number of amides is 1. The molecule has 5 heteroatoms. The standard InChI is InChI=1S/C20H19FN2O2/c21-17-7-3-1-5-14(17)11-12-22-19(24)10-9-16-13-15-6-2-4-8-18(15)23-20(16)25/h1-8,13H,9-12H2,(H,22,24)(H,23,25). The Bertz CT molecular complexity index is 950. The summed E-state index contributed by atoms with van der Waals surface area (Å²) < 4.78 is 13.5. The maximum absolute atomic E-state index is 13.5. The van der Waals surface area contributed by atoms with Gasteiger partial charge in [-0.25, -0.2) is 4.39 Å². The maximum Gasteiger partial charge on any atom is 0.251 e. The van der Waals surface area contributed by atoms with Crippen LogP contribution in [0.1, 0.15) is 17.5 Å². The summed E-state index contributed by atoms with van der Waals surface area (Å²) in [6, 6.07) is 15.9. The molecule has 0 saturated carbocycles. The van der Waals surface area contributed by atoms with Gasteiger partial charge in [0.1, 0.15) is 5.82 Å². The number of rotatable bonds is 6. The van der Waals surface area contributed by atoms with Crippen LogP contribution in [-0.4, -0.2) is 17.4 Å². The third-order valence-corrected chi connectivity index (χ3v) is 4.13. The third-order valence-electron chi connectivity index (χ3n) is 4.13. The molecule has 0 aliphatic heterocycles. The van der Waals surface area contributed by atoms with Crippen LogP contribution in [0.2, 0.25) is 0 Å². The predicted molar refractivity (Wildman–Crippen MR) is 96.0 cm³/mol. The van der Waals surface area contributed by atoms with Crippen molar-refractivity contribution in [2.75, 3.05) is 6.54 Å². The Morgan fingerprint density at radius 1 is 1.00 bits per heavy atom. The summed E-state index contributed by atoms with van der Waals surface area (Å²) in [6.07, 6.45) is 1.03. The van der Waals surface area contributed by atoms with Crippen LogP contribution in [0.3, 0.4) is 0 Å². The van der Waals surface area contributed by atoms with Crippen molar-refractivity contribution >= 4 is 16.8 Å². The molecule has 0 atom stereocenters. The molecule has 0 saturated heterocycles. The minimum absolute atomic E-state index is 0.149. The molecule has 0 bridgehead atoms. The second-order valence-corrected chi connectivity index (χ2v) is 5.90. The molecule has 3 aromatic rings. The van der Waals surface area contributed by atoms with Crippen LogP contribution in [0.25, 0.3) is 10.9 Å². The summed E-state index contributed by atoms with van der Waals surface area (Å²) in [6.45, 7) is 0.369. The lowest BCUT2D eigenvalue weighted by Gasteiger charge is -2.07. The van der Waals surface area contributed by atoms with Gasteiger partial charge in [0.05, 0.1) is 0 Å². The zero-order valence-electron chi connectivity index (χ0n) is 13.7. The largest absolute Gasteiger partial charge is 0.356 e. The van der Waals surface area contributed by atoms with Crippen molar-refractivity contribution in [1.82, 2.24) is 10.3 Å². The van der Waals surface area contributed by atoms with Gasteiger partial charge >= 0.3 is 0 Å². The molecule has 0 radical (unpaired) electrons. The van der Waals surface area contributed by atoms with Crippen LogP contribution < -0.4 is 10.9 Å². The minimum atomic E-state index is -0.264. The fourth-order valence-corrected chi connectivity index (χ4v) is 2.75. The number of hydrogen-bond donors (Lipinski definition) is 2. The Hall–Kier alpha value is -2.95. The lowest BCUT2D eigenvalue weighted by Crippen LogP contribution is -2.26. The molecule has 4 nitrogen and oxygen atoms in total. The molecule has 0 fully saturated rings. The molecule has 1 amide bonds. The van der Waals surface area contributed by atoms with Gasteiger partial charge < -0.3 is 10.3 Å². The molecular formula is C20H19FN2O2. The highest BCUT2D eigenvalue weighted by Crippen LogP contribution is 2.11. The predicted octanol–water partition coefficient (Wildman–Crippen LogP) is 2.96. The number of pyridine rings is 1. The van der Waals surface area contributed by atoms with Gasteiger partial charge in [-0.3, -0.25) is 9.59 Å². The van der Waals surface area contributed by atoms with E-state index in [-0.39, 0.29) is 23.7 Å². The number of benzene rings is 2. The Kier molecular flexibility index (Phi) is 5.23. The van der Waals surface area contributed by atoms with E-state index in [1.54, 1.807) is 18.2 Å². The number of para-hydroxylation sites is 1. The number of aromatic amines is 1.